The predicted molar refractivity (Wildman–Crippen MR) is 137 cm³/mol. The van der Waals surface area contributed by atoms with E-state index in [0.717, 1.165) is 47.7 Å². The van der Waals surface area contributed by atoms with Crippen LogP contribution >= 0.6 is 11.8 Å². The van der Waals surface area contributed by atoms with E-state index in [0.29, 0.717) is 23.3 Å². The smallest absolute Gasteiger partial charge is 0.255 e. The number of hydrogen-bond acceptors (Lipinski definition) is 6. The third-order valence-corrected chi connectivity index (χ3v) is 6.55. The first-order valence-corrected chi connectivity index (χ1v) is 12.8. The lowest BCUT2D eigenvalue weighted by atomic mass is 9.95. The summed E-state index contributed by atoms with van der Waals surface area (Å²) in [6, 6.07) is 17.0. The van der Waals surface area contributed by atoms with Gasteiger partial charge >= 0.3 is 0 Å². The molecule has 0 aliphatic carbocycles. The second kappa shape index (κ2) is 11.2. The number of para-hydroxylation sites is 1. The van der Waals surface area contributed by atoms with Crippen molar-refractivity contribution in [2.24, 2.45) is 0 Å². The molecule has 0 fully saturated rings. The summed E-state index contributed by atoms with van der Waals surface area (Å²) in [7, 11) is 0. The molecular formula is C26H31N5O2S. The second-order valence-corrected chi connectivity index (χ2v) is 9.23. The van der Waals surface area contributed by atoms with Gasteiger partial charge in [0.15, 0.2) is 0 Å². The maximum atomic E-state index is 13.5. The van der Waals surface area contributed by atoms with Gasteiger partial charge in [-0.3, -0.25) is 4.79 Å². The predicted octanol–water partition coefficient (Wildman–Crippen LogP) is 5.89. The molecule has 0 saturated heterocycles. The largest absolute Gasteiger partial charge is 0.494 e. The standard InChI is InChI=1S/C26H31N5O2S/c1-4-6-16-33-21-14-12-19(13-15-21)23-22(24(32)28-20-10-8-7-9-11-20)18(3)27-25-29-26(30-31(23)25)34-17-5-2/h7-15,23H,4-6,16-17H2,1-3H3,(H,28,32)(H,27,29,30). The quantitative estimate of drug-likeness (QED) is 0.280. The normalized spacial score (nSPS) is 15.0. The van der Waals surface area contributed by atoms with Gasteiger partial charge in [-0.05, 0) is 49.6 Å². The Morgan fingerprint density at radius 3 is 2.59 bits per heavy atom. The minimum absolute atomic E-state index is 0.173. The van der Waals surface area contributed by atoms with Crippen molar-refractivity contribution in [1.82, 2.24) is 14.8 Å². The Balaban J connectivity index is 1.68. The molecule has 1 amide bonds. The number of thioether (sulfide) groups is 1. The molecule has 2 aromatic carbocycles. The zero-order valence-electron chi connectivity index (χ0n) is 19.9. The number of rotatable bonds is 10. The maximum Gasteiger partial charge on any atom is 0.255 e. The van der Waals surface area contributed by atoms with Gasteiger partial charge in [0.05, 0.1) is 12.2 Å². The number of nitrogens with zero attached hydrogens (tertiary/aromatic N) is 3. The fourth-order valence-corrected chi connectivity index (χ4v) is 4.47. The van der Waals surface area contributed by atoms with Crippen molar-refractivity contribution in [3.63, 3.8) is 0 Å². The summed E-state index contributed by atoms with van der Waals surface area (Å²) < 4.78 is 7.66. The molecule has 0 saturated carbocycles. The van der Waals surface area contributed by atoms with Crippen molar-refractivity contribution in [2.75, 3.05) is 23.0 Å². The molecule has 3 aromatic rings. The van der Waals surface area contributed by atoms with E-state index in [1.807, 2.05) is 66.2 Å². The van der Waals surface area contributed by atoms with Crippen molar-refractivity contribution in [2.45, 2.75) is 51.2 Å². The first-order valence-electron chi connectivity index (χ1n) is 11.8. The topological polar surface area (TPSA) is 81.1 Å². The zero-order valence-corrected chi connectivity index (χ0v) is 20.7. The van der Waals surface area contributed by atoms with Crippen LogP contribution in [0.4, 0.5) is 11.6 Å². The van der Waals surface area contributed by atoms with E-state index in [9.17, 15) is 4.79 Å². The highest BCUT2D eigenvalue weighted by Gasteiger charge is 2.34. The Hall–Kier alpha value is -3.26. The van der Waals surface area contributed by atoms with Crippen LogP contribution in [-0.2, 0) is 4.79 Å². The summed E-state index contributed by atoms with van der Waals surface area (Å²) in [6.45, 7) is 6.87. The SMILES string of the molecule is CCCCOc1ccc(C2C(C(=O)Nc3ccccc3)=C(C)Nc3nc(SCCC)nn32)cc1. The lowest BCUT2D eigenvalue weighted by Gasteiger charge is -2.28. The average Bonchev–Trinajstić information content (AvgIpc) is 3.25. The molecule has 1 atom stereocenters. The first-order chi connectivity index (χ1) is 16.6. The van der Waals surface area contributed by atoms with E-state index >= 15 is 0 Å². The molecule has 2 heterocycles. The molecule has 1 unspecified atom stereocenters. The number of fused-ring (bicyclic) bond motifs is 1. The minimum atomic E-state index is -0.409. The summed E-state index contributed by atoms with van der Waals surface area (Å²) in [5, 5.41) is 11.8. The monoisotopic (exact) mass is 477 g/mol. The molecule has 178 valence electrons. The summed E-state index contributed by atoms with van der Waals surface area (Å²) >= 11 is 1.62. The summed E-state index contributed by atoms with van der Waals surface area (Å²) in [4.78, 5) is 18.2. The highest BCUT2D eigenvalue weighted by Crippen LogP contribution is 2.37. The third kappa shape index (κ3) is 5.44. The summed E-state index contributed by atoms with van der Waals surface area (Å²) in [5.74, 6) is 2.22. The van der Waals surface area contributed by atoms with Crippen LogP contribution < -0.4 is 15.4 Å². The van der Waals surface area contributed by atoms with Gasteiger partial charge in [0, 0.05) is 17.1 Å². The number of ether oxygens (including phenoxy) is 1. The van der Waals surface area contributed by atoms with E-state index in [-0.39, 0.29) is 5.91 Å². The number of carbonyl (C=O) groups is 1. The number of benzene rings is 2. The Labute approximate surface area is 205 Å². The average molecular weight is 478 g/mol. The highest BCUT2D eigenvalue weighted by atomic mass is 32.2. The van der Waals surface area contributed by atoms with Gasteiger partial charge < -0.3 is 15.4 Å². The van der Waals surface area contributed by atoms with E-state index in [1.54, 1.807) is 11.8 Å². The first kappa shape index (κ1) is 23.9. The Bertz CT molecular complexity index is 1140. The van der Waals surface area contributed by atoms with Crippen molar-refractivity contribution < 1.29 is 9.53 Å². The van der Waals surface area contributed by atoms with Crippen LogP contribution in [0.2, 0.25) is 0 Å². The number of anilines is 2. The molecule has 1 aromatic heterocycles. The molecule has 0 bridgehead atoms. The number of hydrogen-bond donors (Lipinski definition) is 2. The molecule has 7 nitrogen and oxygen atoms in total. The van der Waals surface area contributed by atoms with Crippen LogP contribution in [0.3, 0.4) is 0 Å². The van der Waals surface area contributed by atoms with E-state index in [4.69, 9.17) is 9.84 Å². The van der Waals surface area contributed by atoms with Gasteiger partial charge in [0.2, 0.25) is 11.1 Å². The fraction of sp³-hybridized carbons (Fsp3) is 0.346. The van der Waals surface area contributed by atoms with Crippen LogP contribution in [0.25, 0.3) is 0 Å². The van der Waals surface area contributed by atoms with Crippen molar-refractivity contribution >= 4 is 29.3 Å². The number of carbonyl (C=O) groups excluding carboxylic acids is 1. The second-order valence-electron chi connectivity index (χ2n) is 8.17. The van der Waals surface area contributed by atoms with E-state index in [1.165, 1.54) is 0 Å². The van der Waals surface area contributed by atoms with Crippen LogP contribution in [0, 0.1) is 0 Å². The minimum Gasteiger partial charge on any atom is -0.494 e. The molecule has 1 aliphatic heterocycles. The number of nitrogens with one attached hydrogen (secondary N) is 2. The number of unbranched alkanes of at least 4 members (excludes halogenated alkanes) is 1. The maximum absolute atomic E-state index is 13.5. The number of amides is 1. The van der Waals surface area contributed by atoms with Crippen molar-refractivity contribution in [3.8, 4) is 5.75 Å². The Kier molecular flexibility index (Phi) is 7.90. The molecule has 34 heavy (non-hydrogen) atoms. The van der Waals surface area contributed by atoms with E-state index < -0.39 is 6.04 Å². The van der Waals surface area contributed by atoms with Crippen molar-refractivity contribution in [1.29, 1.82) is 0 Å². The van der Waals surface area contributed by atoms with Gasteiger partial charge in [-0.25, -0.2) is 4.68 Å². The van der Waals surface area contributed by atoms with Gasteiger partial charge in [0.1, 0.15) is 11.8 Å². The number of aromatic nitrogens is 3. The van der Waals surface area contributed by atoms with Gasteiger partial charge in [-0.2, -0.15) is 4.98 Å². The fourth-order valence-electron chi connectivity index (χ4n) is 3.79. The molecular weight excluding hydrogens is 446 g/mol. The van der Waals surface area contributed by atoms with Crippen LogP contribution in [0.15, 0.2) is 71.0 Å². The lowest BCUT2D eigenvalue weighted by Crippen LogP contribution is -2.31. The molecule has 2 N–H and O–H groups in total. The molecule has 0 spiro atoms. The molecule has 4 rings (SSSR count). The summed E-state index contributed by atoms with van der Waals surface area (Å²) in [5.41, 5.74) is 3.05. The van der Waals surface area contributed by atoms with Crippen LogP contribution in [0.1, 0.15) is 51.6 Å². The van der Waals surface area contributed by atoms with Crippen molar-refractivity contribution in [3.05, 3.63) is 71.4 Å². The van der Waals surface area contributed by atoms with Crippen LogP contribution in [0.5, 0.6) is 5.75 Å². The lowest BCUT2D eigenvalue weighted by molar-refractivity contribution is -0.113. The van der Waals surface area contributed by atoms with Gasteiger partial charge in [-0.15, -0.1) is 5.10 Å². The van der Waals surface area contributed by atoms with Crippen LogP contribution in [-0.4, -0.2) is 33.0 Å². The Morgan fingerprint density at radius 1 is 1.12 bits per heavy atom. The summed E-state index contributed by atoms with van der Waals surface area (Å²) in [6.07, 6.45) is 3.14. The number of allylic oxidation sites excluding steroid dienone is 1. The zero-order chi connectivity index (χ0) is 23.9. The third-order valence-electron chi connectivity index (χ3n) is 5.51. The van der Waals surface area contributed by atoms with E-state index in [2.05, 4.69) is 29.5 Å². The molecule has 8 heteroatoms. The highest BCUT2D eigenvalue weighted by molar-refractivity contribution is 7.99. The molecule has 0 radical (unpaired) electrons. The van der Waals surface area contributed by atoms with Gasteiger partial charge in [-0.1, -0.05) is 62.4 Å². The molecule has 1 aliphatic rings. The van der Waals surface area contributed by atoms with Gasteiger partial charge in [0.25, 0.3) is 5.91 Å². The Morgan fingerprint density at radius 2 is 1.88 bits per heavy atom.